The first-order valence-corrected chi connectivity index (χ1v) is 11.4. The Kier molecular flexibility index (Phi) is 9.11. The molecule has 3 heterocycles. The number of guanidine groups is 1. The summed E-state index contributed by atoms with van der Waals surface area (Å²) in [5, 5.41) is 3.47. The van der Waals surface area contributed by atoms with Gasteiger partial charge in [0, 0.05) is 44.3 Å². The second kappa shape index (κ2) is 12.0. The second-order valence-corrected chi connectivity index (χ2v) is 8.44. The lowest BCUT2D eigenvalue weighted by Gasteiger charge is -2.39. The number of pyridine rings is 1. The fourth-order valence-corrected chi connectivity index (χ4v) is 4.23. The third kappa shape index (κ3) is 6.46. The van der Waals surface area contributed by atoms with Crippen molar-refractivity contribution in [3.05, 3.63) is 88.9 Å². The zero-order valence-electron chi connectivity index (χ0n) is 19.3. The first-order valence-electron chi connectivity index (χ1n) is 11.4. The number of nitrogens with zero attached hydrogens (tertiary/aromatic N) is 5. The highest BCUT2D eigenvalue weighted by Gasteiger charge is 2.28. The van der Waals surface area contributed by atoms with Crippen LogP contribution in [0.1, 0.15) is 37.4 Å². The molecule has 8 heteroatoms. The van der Waals surface area contributed by atoms with Crippen LogP contribution in [0.25, 0.3) is 0 Å². The van der Waals surface area contributed by atoms with Gasteiger partial charge in [-0.3, -0.25) is 4.79 Å². The molecular weight excluding hydrogens is 527 g/mol. The molecule has 176 valence electrons. The third-order valence-electron chi connectivity index (χ3n) is 6.15. The average molecular weight is 560 g/mol. The van der Waals surface area contributed by atoms with Crippen LogP contribution in [-0.4, -0.2) is 44.6 Å². The van der Waals surface area contributed by atoms with Crippen molar-refractivity contribution in [3.8, 4) is 0 Å². The van der Waals surface area contributed by atoms with Gasteiger partial charge in [0.15, 0.2) is 5.96 Å². The van der Waals surface area contributed by atoms with Gasteiger partial charge in [0.05, 0.1) is 25.5 Å². The zero-order valence-corrected chi connectivity index (χ0v) is 21.6. The van der Waals surface area contributed by atoms with Gasteiger partial charge in [-0.25, -0.2) is 9.98 Å². The molecule has 0 amide bonds. The molecule has 1 aliphatic rings. The normalized spacial score (nSPS) is 18.6. The van der Waals surface area contributed by atoms with E-state index in [-0.39, 0.29) is 29.5 Å². The third-order valence-corrected chi connectivity index (χ3v) is 6.15. The van der Waals surface area contributed by atoms with E-state index in [1.165, 1.54) is 0 Å². The Morgan fingerprint density at radius 3 is 2.64 bits per heavy atom. The Hall–Kier alpha value is -2.62. The minimum atomic E-state index is 0. The van der Waals surface area contributed by atoms with Crippen LogP contribution in [0.5, 0.6) is 0 Å². The van der Waals surface area contributed by atoms with Gasteiger partial charge < -0.3 is 19.4 Å². The zero-order chi connectivity index (χ0) is 22.3. The van der Waals surface area contributed by atoms with Crippen LogP contribution in [0.3, 0.4) is 0 Å². The van der Waals surface area contributed by atoms with E-state index in [4.69, 9.17) is 4.99 Å². The first-order chi connectivity index (χ1) is 15.6. The van der Waals surface area contributed by atoms with Crippen molar-refractivity contribution in [2.75, 3.05) is 19.6 Å². The summed E-state index contributed by atoms with van der Waals surface area (Å²) in [6.45, 7) is 8.39. The SMILES string of the molecule is CCNC(=NCc1ccc(Cn2ccccc2=O)cc1)N1CCC(C)C(n2ccnc2)C1.I. The summed E-state index contributed by atoms with van der Waals surface area (Å²) >= 11 is 0. The Balaban J connectivity index is 0.00000306. The number of hydrogen-bond acceptors (Lipinski definition) is 3. The van der Waals surface area contributed by atoms with Gasteiger partial charge in [-0.15, -0.1) is 24.0 Å². The van der Waals surface area contributed by atoms with E-state index in [2.05, 4.69) is 64.1 Å². The molecule has 0 saturated carbocycles. The molecule has 1 fully saturated rings. The van der Waals surface area contributed by atoms with Crippen LogP contribution in [0.2, 0.25) is 0 Å². The van der Waals surface area contributed by atoms with Crippen molar-refractivity contribution < 1.29 is 0 Å². The minimum Gasteiger partial charge on any atom is -0.357 e. The van der Waals surface area contributed by atoms with E-state index < -0.39 is 0 Å². The number of likely N-dealkylation sites (tertiary alicyclic amines) is 1. The predicted octanol–water partition coefficient (Wildman–Crippen LogP) is 3.76. The van der Waals surface area contributed by atoms with Gasteiger partial charge in [0.25, 0.3) is 5.56 Å². The molecule has 0 radical (unpaired) electrons. The number of piperidine rings is 1. The smallest absolute Gasteiger partial charge is 0.250 e. The van der Waals surface area contributed by atoms with E-state index in [9.17, 15) is 4.79 Å². The van der Waals surface area contributed by atoms with Crippen LogP contribution >= 0.6 is 24.0 Å². The molecule has 4 rings (SSSR count). The lowest BCUT2D eigenvalue weighted by molar-refractivity contribution is 0.189. The topological polar surface area (TPSA) is 67.5 Å². The summed E-state index contributed by atoms with van der Waals surface area (Å²) in [4.78, 5) is 23.5. The van der Waals surface area contributed by atoms with Gasteiger partial charge in [-0.2, -0.15) is 0 Å². The standard InChI is InChI=1S/C25H32N6O.HI/c1-3-27-25(30-14-11-20(2)23(18-30)31-15-12-26-19-31)28-16-21-7-9-22(10-8-21)17-29-13-5-4-6-24(29)32;/h4-10,12-13,15,19-20,23H,3,11,14,16-18H2,1-2H3,(H,27,28);1H. The highest BCUT2D eigenvalue weighted by atomic mass is 127. The van der Waals surface area contributed by atoms with Crippen molar-refractivity contribution in [2.45, 2.75) is 39.4 Å². The average Bonchev–Trinajstić information content (AvgIpc) is 3.34. The van der Waals surface area contributed by atoms with Crippen molar-refractivity contribution in [3.63, 3.8) is 0 Å². The van der Waals surface area contributed by atoms with Crippen molar-refractivity contribution in [1.82, 2.24) is 24.3 Å². The molecule has 2 aromatic heterocycles. The molecular formula is C25H33IN6O. The van der Waals surface area contributed by atoms with E-state index in [0.717, 1.165) is 43.1 Å². The minimum absolute atomic E-state index is 0. The molecule has 1 N–H and O–H groups in total. The summed E-state index contributed by atoms with van der Waals surface area (Å²) in [6, 6.07) is 14.0. The Bertz CT molecular complexity index is 1080. The Morgan fingerprint density at radius 1 is 1.15 bits per heavy atom. The Labute approximate surface area is 212 Å². The lowest BCUT2D eigenvalue weighted by atomic mass is 9.93. The number of aliphatic imine (C=N–C) groups is 1. The number of aromatic nitrogens is 3. The van der Waals surface area contributed by atoms with E-state index in [0.29, 0.717) is 25.0 Å². The van der Waals surface area contributed by atoms with Crippen molar-refractivity contribution in [1.29, 1.82) is 0 Å². The summed E-state index contributed by atoms with van der Waals surface area (Å²) in [5.74, 6) is 1.57. The quantitative estimate of drug-likeness (QED) is 0.283. The molecule has 2 unspecified atom stereocenters. The Morgan fingerprint density at radius 2 is 1.94 bits per heavy atom. The number of hydrogen-bond donors (Lipinski definition) is 1. The number of imidazole rings is 1. The van der Waals surface area contributed by atoms with Gasteiger partial charge >= 0.3 is 0 Å². The maximum absolute atomic E-state index is 11.9. The van der Waals surface area contributed by atoms with Crippen molar-refractivity contribution >= 4 is 29.9 Å². The highest BCUT2D eigenvalue weighted by Crippen LogP contribution is 2.27. The maximum atomic E-state index is 11.9. The summed E-state index contributed by atoms with van der Waals surface area (Å²) in [7, 11) is 0. The van der Waals surface area contributed by atoms with Crippen LogP contribution in [0.4, 0.5) is 0 Å². The van der Waals surface area contributed by atoms with Gasteiger partial charge in [-0.05, 0) is 36.5 Å². The molecule has 0 bridgehead atoms. The number of benzene rings is 1. The van der Waals surface area contributed by atoms with E-state index in [1.807, 2.05) is 24.8 Å². The largest absolute Gasteiger partial charge is 0.357 e. The fraction of sp³-hybridized carbons (Fsp3) is 0.400. The van der Waals surface area contributed by atoms with Crippen molar-refractivity contribution in [2.24, 2.45) is 10.9 Å². The molecule has 1 aromatic carbocycles. The monoisotopic (exact) mass is 560 g/mol. The molecule has 0 spiro atoms. The molecule has 7 nitrogen and oxygen atoms in total. The molecule has 3 aromatic rings. The van der Waals surface area contributed by atoms with E-state index >= 15 is 0 Å². The van der Waals surface area contributed by atoms with Gasteiger partial charge in [-0.1, -0.05) is 37.3 Å². The van der Waals surface area contributed by atoms with E-state index in [1.54, 1.807) is 16.7 Å². The van der Waals surface area contributed by atoms with Gasteiger partial charge in [0.2, 0.25) is 0 Å². The number of nitrogens with one attached hydrogen (secondary N) is 1. The molecule has 2 atom stereocenters. The lowest BCUT2D eigenvalue weighted by Crippen LogP contribution is -2.49. The van der Waals surface area contributed by atoms with Crippen LogP contribution in [-0.2, 0) is 13.1 Å². The molecule has 1 saturated heterocycles. The molecule has 33 heavy (non-hydrogen) atoms. The summed E-state index contributed by atoms with van der Waals surface area (Å²) < 4.78 is 3.93. The fourth-order valence-electron chi connectivity index (χ4n) is 4.23. The summed E-state index contributed by atoms with van der Waals surface area (Å²) in [6.07, 6.45) is 8.77. The van der Waals surface area contributed by atoms with Crippen LogP contribution in [0, 0.1) is 5.92 Å². The molecule has 0 aliphatic carbocycles. The molecule has 1 aliphatic heterocycles. The van der Waals surface area contributed by atoms with Crippen LogP contribution in [0.15, 0.2) is 77.2 Å². The second-order valence-electron chi connectivity index (χ2n) is 8.44. The number of halogens is 1. The number of rotatable bonds is 6. The maximum Gasteiger partial charge on any atom is 0.250 e. The van der Waals surface area contributed by atoms with Gasteiger partial charge in [0.1, 0.15) is 0 Å². The summed E-state index contributed by atoms with van der Waals surface area (Å²) in [5.41, 5.74) is 2.27. The highest BCUT2D eigenvalue weighted by molar-refractivity contribution is 14.0. The van der Waals surface area contributed by atoms with Crippen LogP contribution < -0.4 is 10.9 Å². The first kappa shape index (κ1) is 25.0. The predicted molar refractivity (Wildman–Crippen MR) is 143 cm³/mol.